The van der Waals surface area contributed by atoms with Crippen molar-refractivity contribution in [3.8, 4) is 0 Å². The molecule has 0 aromatic heterocycles. The van der Waals surface area contributed by atoms with Gasteiger partial charge in [-0.25, -0.2) is 4.39 Å². The molecular formula is C20H23FN2O2. The van der Waals surface area contributed by atoms with E-state index in [1.165, 1.54) is 12.1 Å². The second-order valence-electron chi connectivity index (χ2n) is 6.41. The van der Waals surface area contributed by atoms with Crippen LogP contribution in [-0.4, -0.2) is 17.9 Å². The molecule has 0 unspecified atom stereocenters. The average molecular weight is 342 g/mol. The van der Waals surface area contributed by atoms with Gasteiger partial charge < -0.3 is 10.6 Å². The van der Waals surface area contributed by atoms with Gasteiger partial charge in [0.05, 0.1) is 0 Å². The summed E-state index contributed by atoms with van der Waals surface area (Å²) in [6.45, 7) is 5.97. The summed E-state index contributed by atoms with van der Waals surface area (Å²) in [5, 5.41) is 5.58. The molecule has 2 N–H and O–H groups in total. The van der Waals surface area contributed by atoms with Gasteiger partial charge in [0.1, 0.15) is 11.9 Å². The van der Waals surface area contributed by atoms with Crippen LogP contribution in [0, 0.1) is 18.7 Å². The van der Waals surface area contributed by atoms with Crippen molar-refractivity contribution in [1.29, 1.82) is 0 Å². The number of hydrogen-bond acceptors (Lipinski definition) is 2. The molecule has 2 aromatic rings. The molecule has 2 amide bonds. The molecule has 2 aromatic carbocycles. The molecule has 0 saturated carbocycles. The number of halogens is 1. The molecule has 0 heterocycles. The number of benzene rings is 2. The van der Waals surface area contributed by atoms with Crippen molar-refractivity contribution in [2.75, 3.05) is 0 Å². The lowest BCUT2D eigenvalue weighted by atomic mass is 10.0. The van der Waals surface area contributed by atoms with Crippen molar-refractivity contribution in [3.63, 3.8) is 0 Å². The average Bonchev–Trinajstić information content (AvgIpc) is 2.59. The summed E-state index contributed by atoms with van der Waals surface area (Å²) in [4.78, 5) is 24.8. The maximum Gasteiger partial charge on any atom is 0.251 e. The molecule has 4 nitrogen and oxygen atoms in total. The summed E-state index contributed by atoms with van der Waals surface area (Å²) in [6.07, 6.45) is 0. The van der Waals surface area contributed by atoms with E-state index in [9.17, 15) is 14.0 Å². The van der Waals surface area contributed by atoms with Crippen molar-refractivity contribution in [1.82, 2.24) is 10.6 Å². The first-order valence-electron chi connectivity index (χ1n) is 8.26. The van der Waals surface area contributed by atoms with Gasteiger partial charge >= 0.3 is 0 Å². The van der Waals surface area contributed by atoms with E-state index in [4.69, 9.17) is 0 Å². The van der Waals surface area contributed by atoms with E-state index in [2.05, 4.69) is 10.6 Å². The Kier molecular flexibility index (Phi) is 6.28. The highest BCUT2D eigenvalue weighted by atomic mass is 19.1. The standard InChI is InChI=1S/C20H23FN2O2/c1-13(2)18(23-19(24)16-8-4-14(3)5-9-16)20(25)22-12-15-6-10-17(21)11-7-15/h4-11,13,18H,12H2,1-3H3,(H,22,25)(H,23,24)/t18-/m0/s1. The lowest BCUT2D eigenvalue weighted by Crippen LogP contribution is -2.49. The summed E-state index contributed by atoms with van der Waals surface area (Å²) in [5.41, 5.74) is 2.37. The van der Waals surface area contributed by atoms with E-state index < -0.39 is 6.04 Å². The normalized spacial score (nSPS) is 11.9. The third kappa shape index (κ3) is 5.41. The van der Waals surface area contributed by atoms with Gasteiger partial charge in [0, 0.05) is 12.1 Å². The van der Waals surface area contributed by atoms with Crippen LogP contribution in [-0.2, 0) is 11.3 Å². The summed E-state index contributed by atoms with van der Waals surface area (Å²) in [5.74, 6) is -0.932. The second-order valence-corrected chi connectivity index (χ2v) is 6.41. The molecule has 0 radical (unpaired) electrons. The minimum Gasteiger partial charge on any atom is -0.350 e. The zero-order valence-corrected chi connectivity index (χ0v) is 14.7. The Bertz CT molecular complexity index is 724. The summed E-state index contributed by atoms with van der Waals surface area (Å²) in [7, 11) is 0. The Labute approximate surface area is 147 Å². The Morgan fingerprint density at radius 2 is 1.60 bits per heavy atom. The van der Waals surface area contributed by atoms with Crippen LogP contribution in [0.3, 0.4) is 0 Å². The third-order valence-corrected chi connectivity index (χ3v) is 3.93. The molecule has 0 aliphatic heterocycles. The molecule has 0 bridgehead atoms. The monoisotopic (exact) mass is 342 g/mol. The molecular weight excluding hydrogens is 319 g/mol. The first kappa shape index (κ1) is 18.6. The van der Waals surface area contributed by atoms with Gasteiger partial charge in [-0.15, -0.1) is 0 Å². The van der Waals surface area contributed by atoms with Crippen LogP contribution >= 0.6 is 0 Å². The fourth-order valence-electron chi connectivity index (χ4n) is 2.37. The van der Waals surface area contributed by atoms with Crippen LogP contribution in [0.4, 0.5) is 4.39 Å². The second kappa shape index (κ2) is 8.42. The van der Waals surface area contributed by atoms with Crippen LogP contribution in [0.2, 0.25) is 0 Å². The minimum absolute atomic E-state index is 0.0670. The number of carbonyl (C=O) groups excluding carboxylic acids is 2. The van der Waals surface area contributed by atoms with Gasteiger partial charge in [0.2, 0.25) is 5.91 Å². The molecule has 5 heteroatoms. The zero-order chi connectivity index (χ0) is 18.4. The Morgan fingerprint density at radius 3 is 2.16 bits per heavy atom. The topological polar surface area (TPSA) is 58.2 Å². The van der Waals surface area contributed by atoms with Gasteiger partial charge in [-0.1, -0.05) is 43.7 Å². The molecule has 132 valence electrons. The van der Waals surface area contributed by atoms with Crippen molar-refractivity contribution in [2.45, 2.75) is 33.4 Å². The van der Waals surface area contributed by atoms with Crippen molar-refractivity contribution >= 4 is 11.8 Å². The van der Waals surface area contributed by atoms with Crippen LogP contribution < -0.4 is 10.6 Å². The molecule has 0 fully saturated rings. The fraction of sp³-hybridized carbons (Fsp3) is 0.300. The van der Waals surface area contributed by atoms with E-state index in [-0.39, 0.29) is 30.1 Å². The van der Waals surface area contributed by atoms with Crippen molar-refractivity contribution in [3.05, 3.63) is 71.0 Å². The van der Waals surface area contributed by atoms with E-state index in [1.54, 1.807) is 24.3 Å². The van der Waals surface area contributed by atoms with Gasteiger partial charge in [-0.2, -0.15) is 0 Å². The van der Waals surface area contributed by atoms with Crippen molar-refractivity contribution in [2.24, 2.45) is 5.92 Å². The number of amides is 2. The lowest BCUT2D eigenvalue weighted by molar-refractivity contribution is -0.124. The quantitative estimate of drug-likeness (QED) is 0.847. The smallest absolute Gasteiger partial charge is 0.251 e. The molecule has 0 aliphatic rings. The van der Waals surface area contributed by atoms with E-state index in [0.717, 1.165) is 11.1 Å². The number of hydrogen-bond donors (Lipinski definition) is 2. The highest BCUT2D eigenvalue weighted by molar-refractivity contribution is 5.97. The molecule has 2 rings (SSSR count). The first-order valence-corrected chi connectivity index (χ1v) is 8.26. The van der Waals surface area contributed by atoms with Crippen LogP contribution in [0.1, 0.15) is 35.3 Å². The Morgan fingerprint density at radius 1 is 1.00 bits per heavy atom. The minimum atomic E-state index is -0.644. The lowest BCUT2D eigenvalue weighted by Gasteiger charge is -2.22. The Hall–Kier alpha value is -2.69. The van der Waals surface area contributed by atoms with Gasteiger partial charge in [-0.05, 0) is 42.7 Å². The fourth-order valence-corrected chi connectivity index (χ4v) is 2.37. The number of nitrogens with one attached hydrogen (secondary N) is 2. The summed E-state index contributed by atoms with van der Waals surface area (Å²) < 4.78 is 12.9. The van der Waals surface area contributed by atoms with Crippen LogP contribution in [0.15, 0.2) is 48.5 Å². The predicted octanol–water partition coefficient (Wildman–Crippen LogP) is 3.20. The maximum atomic E-state index is 12.9. The molecule has 25 heavy (non-hydrogen) atoms. The van der Waals surface area contributed by atoms with E-state index in [0.29, 0.717) is 5.56 Å². The molecule has 0 aliphatic carbocycles. The molecule has 0 spiro atoms. The third-order valence-electron chi connectivity index (χ3n) is 3.93. The predicted molar refractivity (Wildman–Crippen MR) is 95.5 cm³/mol. The van der Waals surface area contributed by atoms with Crippen molar-refractivity contribution < 1.29 is 14.0 Å². The summed E-state index contributed by atoms with van der Waals surface area (Å²) >= 11 is 0. The first-order chi connectivity index (χ1) is 11.9. The van der Waals surface area contributed by atoms with E-state index in [1.807, 2.05) is 32.9 Å². The van der Waals surface area contributed by atoms with Crippen LogP contribution in [0.25, 0.3) is 0 Å². The number of aryl methyl sites for hydroxylation is 1. The molecule has 1 atom stereocenters. The summed E-state index contributed by atoms with van der Waals surface area (Å²) in [6, 6.07) is 12.5. The zero-order valence-electron chi connectivity index (χ0n) is 14.7. The number of rotatable bonds is 6. The van der Waals surface area contributed by atoms with E-state index >= 15 is 0 Å². The maximum absolute atomic E-state index is 12.9. The number of carbonyl (C=O) groups is 2. The van der Waals surface area contributed by atoms with Gasteiger partial charge in [0.25, 0.3) is 5.91 Å². The van der Waals surface area contributed by atoms with Crippen LogP contribution in [0.5, 0.6) is 0 Å². The SMILES string of the molecule is Cc1ccc(C(=O)N[C@H](C(=O)NCc2ccc(F)cc2)C(C)C)cc1. The largest absolute Gasteiger partial charge is 0.350 e. The Balaban J connectivity index is 1.98. The highest BCUT2D eigenvalue weighted by Crippen LogP contribution is 2.08. The van der Waals surface area contributed by atoms with Gasteiger partial charge in [-0.3, -0.25) is 9.59 Å². The highest BCUT2D eigenvalue weighted by Gasteiger charge is 2.24. The molecule has 0 saturated heterocycles. The van der Waals surface area contributed by atoms with Gasteiger partial charge in [0.15, 0.2) is 0 Å².